The summed E-state index contributed by atoms with van der Waals surface area (Å²) >= 11 is 0. The summed E-state index contributed by atoms with van der Waals surface area (Å²) in [6, 6.07) is 30.5. The molecule has 0 atom stereocenters. The lowest BCUT2D eigenvalue weighted by atomic mass is 10.1. The Hall–Kier alpha value is -5.11. The first-order valence-corrected chi connectivity index (χ1v) is 12.1. The number of methoxy groups -OCH3 is 2. The first kappa shape index (κ1) is 26.9. The Morgan fingerprint density at radius 1 is 0.590 bits per heavy atom. The number of hydrogen-bond donors (Lipinski definition) is 0. The van der Waals surface area contributed by atoms with Crippen LogP contribution in [0.5, 0.6) is 17.2 Å². The second-order valence-electron chi connectivity index (χ2n) is 8.46. The number of hydrogen-bond acceptors (Lipinski definition) is 7. The van der Waals surface area contributed by atoms with Crippen LogP contribution in [-0.2, 0) is 22.6 Å². The van der Waals surface area contributed by atoms with Gasteiger partial charge in [-0.05, 0) is 53.6 Å². The number of amides is 1. The molecular weight excluding hydrogens is 498 g/mol. The van der Waals surface area contributed by atoms with E-state index in [4.69, 9.17) is 18.9 Å². The standard InChI is InChI=1S/C31H27NO7/c1-36-29(33)27-18-17-26(19-28(27)30(34)37-2)39-31(35)32(20-22-9-5-3-6-10-22)21-23-13-15-25(16-14-23)38-24-11-7-4-8-12-24/h3-19H,20-21H2,1-2H3. The van der Waals surface area contributed by atoms with E-state index in [1.807, 2.05) is 84.9 Å². The molecule has 0 spiro atoms. The Kier molecular flexibility index (Phi) is 8.92. The largest absolute Gasteiger partial charge is 0.465 e. The predicted molar refractivity (Wildman–Crippen MR) is 144 cm³/mol. The van der Waals surface area contributed by atoms with Gasteiger partial charge in [0.2, 0.25) is 0 Å². The molecule has 0 aliphatic carbocycles. The lowest BCUT2D eigenvalue weighted by Gasteiger charge is -2.23. The number of para-hydroxylation sites is 1. The van der Waals surface area contributed by atoms with Gasteiger partial charge < -0.3 is 18.9 Å². The number of rotatable bonds is 9. The maximum Gasteiger partial charge on any atom is 0.415 e. The molecule has 0 aliphatic heterocycles. The summed E-state index contributed by atoms with van der Waals surface area (Å²) in [5, 5.41) is 0. The van der Waals surface area contributed by atoms with Crippen LogP contribution in [0, 0.1) is 0 Å². The fourth-order valence-electron chi connectivity index (χ4n) is 3.82. The van der Waals surface area contributed by atoms with E-state index in [0.29, 0.717) is 5.75 Å². The topological polar surface area (TPSA) is 91.4 Å². The molecule has 0 saturated carbocycles. The summed E-state index contributed by atoms with van der Waals surface area (Å²) in [6.07, 6.45) is -0.634. The van der Waals surface area contributed by atoms with Crippen LogP contribution < -0.4 is 9.47 Å². The SMILES string of the molecule is COC(=O)c1ccc(OC(=O)N(Cc2ccccc2)Cc2ccc(Oc3ccccc3)cc2)cc1C(=O)OC. The van der Waals surface area contributed by atoms with Crippen molar-refractivity contribution in [2.75, 3.05) is 14.2 Å². The van der Waals surface area contributed by atoms with Crippen LogP contribution in [-0.4, -0.2) is 37.2 Å². The van der Waals surface area contributed by atoms with E-state index in [9.17, 15) is 14.4 Å². The van der Waals surface area contributed by atoms with Gasteiger partial charge in [-0.2, -0.15) is 0 Å². The lowest BCUT2D eigenvalue weighted by Crippen LogP contribution is -2.32. The molecule has 0 saturated heterocycles. The van der Waals surface area contributed by atoms with Gasteiger partial charge in [0, 0.05) is 13.1 Å². The van der Waals surface area contributed by atoms with Gasteiger partial charge in [-0.25, -0.2) is 14.4 Å². The highest BCUT2D eigenvalue weighted by atomic mass is 16.6. The quantitative estimate of drug-likeness (QED) is 0.238. The Morgan fingerprint density at radius 2 is 1.10 bits per heavy atom. The fourth-order valence-corrected chi connectivity index (χ4v) is 3.82. The van der Waals surface area contributed by atoms with Crippen molar-refractivity contribution >= 4 is 18.0 Å². The van der Waals surface area contributed by atoms with Gasteiger partial charge in [-0.1, -0.05) is 60.7 Å². The molecule has 4 rings (SSSR count). The summed E-state index contributed by atoms with van der Waals surface area (Å²) in [7, 11) is 2.40. The molecule has 0 fully saturated rings. The highest BCUT2D eigenvalue weighted by Gasteiger charge is 2.22. The van der Waals surface area contributed by atoms with Gasteiger partial charge in [0.1, 0.15) is 17.2 Å². The molecule has 4 aromatic carbocycles. The molecule has 0 bridgehead atoms. The van der Waals surface area contributed by atoms with Crippen LogP contribution in [0.2, 0.25) is 0 Å². The monoisotopic (exact) mass is 525 g/mol. The molecule has 0 N–H and O–H groups in total. The van der Waals surface area contributed by atoms with Crippen LogP contribution in [0.1, 0.15) is 31.8 Å². The third kappa shape index (κ3) is 7.23. The van der Waals surface area contributed by atoms with Gasteiger partial charge in [-0.3, -0.25) is 4.90 Å². The Morgan fingerprint density at radius 3 is 1.72 bits per heavy atom. The molecule has 8 heteroatoms. The van der Waals surface area contributed by atoms with Gasteiger partial charge >= 0.3 is 18.0 Å². The molecule has 0 unspecified atom stereocenters. The Bertz CT molecular complexity index is 1420. The van der Waals surface area contributed by atoms with Crippen molar-refractivity contribution in [1.82, 2.24) is 4.90 Å². The zero-order valence-electron chi connectivity index (χ0n) is 21.5. The zero-order chi connectivity index (χ0) is 27.6. The number of benzene rings is 4. The van der Waals surface area contributed by atoms with Crippen molar-refractivity contribution in [2.45, 2.75) is 13.1 Å². The highest BCUT2D eigenvalue weighted by molar-refractivity contribution is 6.03. The van der Waals surface area contributed by atoms with E-state index >= 15 is 0 Å². The number of nitrogens with zero attached hydrogens (tertiary/aromatic N) is 1. The van der Waals surface area contributed by atoms with Crippen molar-refractivity contribution < 1.29 is 33.3 Å². The summed E-state index contributed by atoms with van der Waals surface area (Å²) in [6.45, 7) is 0.537. The van der Waals surface area contributed by atoms with Crippen LogP contribution in [0.4, 0.5) is 4.79 Å². The minimum absolute atomic E-state index is 0.00287. The molecule has 39 heavy (non-hydrogen) atoms. The third-order valence-corrected chi connectivity index (χ3v) is 5.76. The van der Waals surface area contributed by atoms with Crippen LogP contribution >= 0.6 is 0 Å². The van der Waals surface area contributed by atoms with E-state index < -0.39 is 18.0 Å². The molecule has 1 amide bonds. The summed E-state index contributed by atoms with van der Waals surface area (Å²) in [5.41, 5.74) is 1.70. The number of esters is 2. The maximum absolute atomic E-state index is 13.3. The minimum Gasteiger partial charge on any atom is -0.465 e. The number of ether oxygens (including phenoxy) is 4. The van der Waals surface area contributed by atoms with Gasteiger partial charge in [0.25, 0.3) is 0 Å². The van der Waals surface area contributed by atoms with Crippen LogP contribution in [0.25, 0.3) is 0 Å². The van der Waals surface area contributed by atoms with Crippen molar-refractivity contribution in [3.63, 3.8) is 0 Å². The van der Waals surface area contributed by atoms with E-state index in [2.05, 4.69) is 0 Å². The summed E-state index contributed by atoms with van der Waals surface area (Å²) < 4.78 is 21.0. The second kappa shape index (κ2) is 12.9. The molecule has 0 radical (unpaired) electrons. The zero-order valence-corrected chi connectivity index (χ0v) is 21.5. The highest BCUT2D eigenvalue weighted by Crippen LogP contribution is 2.24. The summed E-state index contributed by atoms with van der Waals surface area (Å²) in [4.78, 5) is 39.2. The van der Waals surface area contributed by atoms with Gasteiger partial charge in [0.05, 0.1) is 25.3 Å². The molecule has 4 aromatic rings. The van der Waals surface area contributed by atoms with Crippen LogP contribution in [0.3, 0.4) is 0 Å². The lowest BCUT2D eigenvalue weighted by molar-refractivity contribution is 0.0555. The number of carbonyl (C=O) groups is 3. The first-order valence-electron chi connectivity index (χ1n) is 12.1. The smallest absolute Gasteiger partial charge is 0.415 e. The van der Waals surface area contributed by atoms with E-state index in [-0.39, 0.29) is 30.0 Å². The molecular formula is C31H27NO7. The fraction of sp³-hybridized carbons (Fsp3) is 0.129. The van der Waals surface area contributed by atoms with Crippen LogP contribution in [0.15, 0.2) is 103 Å². The molecule has 0 aromatic heterocycles. The van der Waals surface area contributed by atoms with E-state index in [1.54, 1.807) is 0 Å². The average Bonchev–Trinajstić information content (AvgIpc) is 2.98. The third-order valence-electron chi connectivity index (χ3n) is 5.76. The maximum atomic E-state index is 13.3. The van der Waals surface area contributed by atoms with E-state index in [1.165, 1.54) is 37.3 Å². The molecule has 0 aliphatic rings. The molecule has 8 nitrogen and oxygen atoms in total. The molecule has 0 heterocycles. The van der Waals surface area contributed by atoms with Crippen molar-refractivity contribution in [3.05, 3.63) is 125 Å². The predicted octanol–water partition coefficient (Wildman–Crippen LogP) is 6.25. The van der Waals surface area contributed by atoms with Crippen molar-refractivity contribution in [1.29, 1.82) is 0 Å². The van der Waals surface area contributed by atoms with Crippen molar-refractivity contribution in [2.24, 2.45) is 0 Å². The second-order valence-corrected chi connectivity index (χ2v) is 8.46. The number of carbonyl (C=O) groups excluding carboxylic acids is 3. The Balaban J connectivity index is 1.54. The van der Waals surface area contributed by atoms with Gasteiger partial charge in [0.15, 0.2) is 0 Å². The summed E-state index contributed by atoms with van der Waals surface area (Å²) in [5.74, 6) is 0.0101. The van der Waals surface area contributed by atoms with Gasteiger partial charge in [-0.15, -0.1) is 0 Å². The van der Waals surface area contributed by atoms with Crippen molar-refractivity contribution in [3.8, 4) is 17.2 Å². The minimum atomic E-state index is -0.757. The molecule has 198 valence electrons. The Labute approximate surface area is 226 Å². The van der Waals surface area contributed by atoms with E-state index in [0.717, 1.165) is 16.9 Å². The average molecular weight is 526 g/mol. The first-order chi connectivity index (χ1) is 19.0. The normalized spacial score (nSPS) is 10.3.